The largest absolute Gasteiger partial charge is 0.508 e. The van der Waals surface area contributed by atoms with Crippen LogP contribution in [0.5, 0.6) is 11.5 Å². The van der Waals surface area contributed by atoms with E-state index in [1.165, 1.54) is 0 Å². The zero-order valence-electron chi connectivity index (χ0n) is 11.4. The van der Waals surface area contributed by atoms with Crippen LogP contribution in [0.25, 0.3) is 0 Å². The summed E-state index contributed by atoms with van der Waals surface area (Å²) >= 11 is 0. The summed E-state index contributed by atoms with van der Waals surface area (Å²) in [5.41, 5.74) is 2.37. The van der Waals surface area contributed by atoms with Crippen LogP contribution >= 0.6 is 0 Å². The van der Waals surface area contributed by atoms with E-state index < -0.39 is 6.10 Å². The van der Waals surface area contributed by atoms with Crippen molar-refractivity contribution in [2.24, 2.45) is 0 Å². The topological polar surface area (TPSA) is 60.7 Å². The molecule has 0 aliphatic rings. The van der Waals surface area contributed by atoms with Crippen molar-refractivity contribution in [2.75, 3.05) is 0 Å². The van der Waals surface area contributed by atoms with Gasteiger partial charge >= 0.3 is 0 Å². The highest BCUT2D eigenvalue weighted by atomic mass is 16.3. The van der Waals surface area contributed by atoms with Gasteiger partial charge in [0.2, 0.25) is 0 Å². The van der Waals surface area contributed by atoms with Gasteiger partial charge in [0.15, 0.2) is 0 Å². The minimum atomic E-state index is -0.534. The predicted octanol–water partition coefficient (Wildman–Crippen LogP) is 3.23. The molecule has 18 heavy (non-hydrogen) atoms. The number of aromatic hydroxyl groups is 2. The molecule has 0 aliphatic heterocycles. The van der Waals surface area contributed by atoms with Crippen LogP contribution in [0, 0.1) is 6.92 Å². The van der Waals surface area contributed by atoms with Crippen LogP contribution in [-0.4, -0.2) is 21.4 Å². The minimum absolute atomic E-state index is 0.0258. The summed E-state index contributed by atoms with van der Waals surface area (Å²) in [7, 11) is 0. The molecular weight excluding hydrogens is 228 g/mol. The molecule has 1 aromatic carbocycles. The van der Waals surface area contributed by atoms with E-state index in [0.29, 0.717) is 17.5 Å². The summed E-state index contributed by atoms with van der Waals surface area (Å²) in [4.78, 5) is 0. The second kappa shape index (κ2) is 5.91. The summed E-state index contributed by atoms with van der Waals surface area (Å²) in [6.07, 6.45) is 1.77. The predicted molar refractivity (Wildman–Crippen MR) is 73.0 cm³/mol. The number of phenols is 2. The molecule has 3 N–H and O–H groups in total. The third-order valence-electron chi connectivity index (χ3n) is 3.00. The Hall–Kier alpha value is -1.48. The number of benzene rings is 1. The first kappa shape index (κ1) is 14.6. The van der Waals surface area contributed by atoms with Crippen molar-refractivity contribution >= 4 is 0 Å². The average Bonchev–Trinajstić information content (AvgIpc) is 2.21. The Morgan fingerprint density at radius 1 is 1.22 bits per heavy atom. The van der Waals surface area contributed by atoms with Crippen molar-refractivity contribution in [3.8, 4) is 11.5 Å². The summed E-state index contributed by atoms with van der Waals surface area (Å²) in [5.74, 6) is 0.315. The second-order valence-corrected chi connectivity index (χ2v) is 5.15. The lowest BCUT2D eigenvalue weighted by molar-refractivity contribution is 0.202. The number of allylic oxidation sites excluding steroid dienone is 1. The number of phenolic OH excluding ortho intramolecular Hbond substituents is 2. The lowest BCUT2D eigenvalue weighted by Crippen LogP contribution is -2.08. The first-order valence-electron chi connectivity index (χ1n) is 6.16. The van der Waals surface area contributed by atoms with E-state index in [9.17, 15) is 15.3 Å². The number of aliphatic hydroxyl groups is 1. The van der Waals surface area contributed by atoms with Gasteiger partial charge in [-0.1, -0.05) is 18.6 Å². The SMILES string of the molecule is CC(C)=C[C@H](O)C[C@@H](C)c1cc(O)c(C)cc1O. The standard InChI is InChI=1S/C15H22O3/c1-9(2)5-12(16)6-10(3)13-8-14(17)11(4)7-15(13)18/h5,7-8,10,12,16-18H,6H2,1-4H3/t10-,12+/m1/s1. The normalized spacial score (nSPS) is 14.1. The van der Waals surface area contributed by atoms with Crippen LogP contribution in [0.15, 0.2) is 23.8 Å². The first-order chi connectivity index (χ1) is 8.31. The Kier molecular flexibility index (Phi) is 4.79. The van der Waals surface area contributed by atoms with Gasteiger partial charge in [-0.05, 0) is 50.8 Å². The van der Waals surface area contributed by atoms with Crippen LogP contribution in [0.4, 0.5) is 0 Å². The molecule has 0 fully saturated rings. The average molecular weight is 250 g/mol. The summed E-state index contributed by atoms with van der Waals surface area (Å²) in [6.45, 7) is 7.53. The van der Waals surface area contributed by atoms with Gasteiger partial charge in [0.05, 0.1) is 6.10 Å². The van der Waals surface area contributed by atoms with Crippen molar-refractivity contribution in [2.45, 2.75) is 46.1 Å². The molecule has 0 bridgehead atoms. The third kappa shape index (κ3) is 3.77. The fourth-order valence-corrected chi connectivity index (χ4v) is 2.03. The fourth-order valence-electron chi connectivity index (χ4n) is 2.03. The van der Waals surface area contributed by atoms with Crippen molar-refractivity contribution in [1.29, 1.82) is 0 Å². The molecule has 0 amide bonds. The Morgan fingerprint density at radius 3 is 2.39 bits per heavy atom. The Labute approximate surface area is 108 Å². The Bertz CT molecular complexity index is 445. The minimum Gasteiger partial charge on any atom is -0.508 e. The van der Waals surface area contributed by atoms with Crippen molar-refractivity contribution < 1.29 is 15.3 Å². The smallest absolute Gasteiger partial charge is 0.119 e. The zero-order valence-corrected chi connectivity index (χ0v) is 11.4. The lowest BCUT2D eigenvalue weighted by atomic mass is 9.92. The number of aryl methyl sites for hydroxylation is 1. The number of hydrogen-bond acceptors (Lipinski definition) is 3. The lowest BCUT2D eigenvalue weighted by Gasteiger charge is -2.17. The van der Waals surface area contributed by atoms with Crippen LogP contribution < -0.4 is 0 Å². The molecular formula is C15H22O3. The van der Waals surface area contributed by atoms with E-state index in [0.717, 1.165) is 5.57 Å². The maximum atomic E-state index is 9.87. The molecule has 3 heteroatoms. The zero-order chi connectivity index (χ0) is 13.9. The number of aliphatic hydroxyl groups excluding tert-OH is 1. The highest BCUT2D eigenvalue weighted by Crippen LogP contribution is 2.34. The van der Waals surface area contributed by atoms with E-state index >= 15 is 0 Å². The molecule has 100 valence electrons. The van der Waals surface area contributed by atoms with Gasteiger partial charge in [-0.15, -0.1) is 0 Å². The number of rotatable bonds is 4. The monoisotopic (exact) mass is 250 g/mol. The van der Waals surface area contributed by atoms with E-state index in [1.807, 2.05) is 20.8 Å². The molecule has 0 spiro atoms. The quantitative estimate of drug-likeness (QED) is 0.568. The maximum absolute atomic E-state index is 9.87. The van der Waals surface area contributed by atoms with Gasteiger partial charge in [-0.2, -0.15) is 0 Å². The van der Waals surface area contributed by atoms with Crippen molar-refractivity contribution in [1.82, 2.24) is 0 Å². The molecule has 0 unspecified atom stereocenters. The molecule has 0 radical (unpaired) electrons. The van der Waals surface area contributed by atoms with E-state index in [-0.39, 0.29) is 17.4 Å². The van der Waals surface area contributed by atoms with Gasteiger partial charge in [-0.25, -0.2) is 0 Å². The molecule has 0 heterocycles. The van der Waals surface area contributed by atoms with Crippen LogP contribution in [0.3, 0.4) is 0 Å². The Balaban J connectivity index is 2.88. The summed E-state index contributed by atoms with van der Waals surface area (Å²) in [5, 5.41) is 29.4. The molecule has 3 nitrogen and oxygen atoms in total. The summed E-state index contributed by atoms with van der Waals surface area (Å²) in [6, 6.07) is 3.12. The molecule has 0 aromatic heterocycles. The molecule has 0 saturated carbocycles. The van der Waals surface area contributed by atoms with Crippen LogP contribution in [0.2, 0.25) is 0 Å². The molecule has 0 saturated heterocycles. The second-order valence-electron chi connectivity index (χ2n) is 5.15. The first-order valence-corrected chi connectivity index (χ1v) is 6.16. The van der Waals surface area contributed by atoms with E-state index in [2.05, 4.69) is 0 Å². The third-order valence-corrected chi connectivity index (χ3v) is 3.00. The fraction of sp³-hybridized carbons (Fsp3) is 0.467. The molecule has 2 atom stereocenters. The van der Waals surface area contributed by atoms with Crippen molar-refractivity contribution in [3.63, 3.8) is 0 Å². The summed E-state index contributed by atoms with van der Waals surface area (Å²) < 4.78 is 0. The maximum Gasteiger partial charge on any atom is 0.119 e. The van der Waals surface area contributed by atoms with Gasteiger partial charge in [0.25, 0.3) is 0 Å². The van der Waals surface area contributed by atoms with Gasteiger partial charge in [0.1, 0.15) is 11.5 Å². The number of hydrogen-bond donors (Lipinski definition) is 3. The molecule has 0 aliphatic carbocycles. The molecule has 1 aromatic rings. The highest BCUT2D eigenvalue weighted by molar-refractivity contribution is 5.45. The van der Waals surface area contributed by atoms with Crippen LogP contribution in [-0.2, 0) is 0 Å². The van der Waals surface area contributed by atoms with Crippen molar-refractivity contribution in [3.05, 3.63) is 34.9 Å². The van der Waals surface area contributed by atoms with Crippen LogP contribution in [0.1, 0.15) is 44.2 Å². The van der Waals surface area contributed by atoms with E-state index in [4.69, 9.17) is 0 Å². The van der Waals surface area contributed by atoms with Gasteiger partial charge in [0, 0.05) is 5.56 Å². The highest BCUT2D eigenvalue weighted by Gasteiger charge is 2.15. The molecule has 1 rings (SSSR count). The van der Waals surface area contributed by atoms with Gasteiger partial charge in [-0.3, -0.25) is 0 Å². The van der Waals surface area contributed by atoms with E-state index in [1.54, 1.807) is 25.1 Å². The van der Waals surface area contributed by atoms with Gasteiger partial charge < -0.3 is 15.3 Å². The Morgan fingerprint density at radius 2 is 1.83 bits per heavy atom.